The highest BCUT2D eigenvalue weighted by Crippen LogP contribution is 2.48. The Bertz CT molecular complexity index is 2650. The molecular weight excluding hydrogens is 885 g/mol. The van der Waals surface area contributed by atoms with E-state index in [-0.39, 0.29) is 66.2 Å². The number of ether oxygens (including phenoxy) is 4. The molecule has 2 bridgehead atoms. The average molecular weight is 954 g/mol. The molecule has 0 aliphatic carbocycles. The molecule has 0 unspecified atom stereocenters. The van der Waals surface area contributed by atoms with Crippen molar-refractivity contribution in [3.05, 3.63) is 41.7 Å². The van der Waals surface area contributed by atoms with Crippen molar-refractivity contribution in [2.75, 3.05) is 37.0 Å². The number of carbonyl (C=O) groups excluding carboxylic acids is 2. The molecule has 16 heteroatoms. The predicted molar refractivity (Wildman–Crippen MR) is 266 cm³/mol. The molecule has 8 rings (SSSR count). The number of carbonyl (C=O) groups is 2. The Hall–Kier alpha value is -5.27. The number of hydrogen-bond acceptors (Lipinski definition) is 11. The number of hydrogen-bond donors (Lipinski definition) is 1. The molecule has 4 aromatic rings. The van der Waals surface area contributed by atoms with Crippen LogP contribution >= 0.6 is 0 Å². The number of rotatable bonds is 8. The number of nitrogens with zero attached hydrogens (tertiary/aromatic N) is 6. The highest BCUT2D eigenvalue weighted by Gasteiger charge is 2.54. The molecule has 2 amide bonds. The van der Waals surface area contributed by atoms with Crippen LogP contribution in [0, 0.1) is 17.3 Å². The van der Waals surface area contributed by atoms with E-state index in [4.69, 9.17) is 33.9 Å². The van der Waals surface area contributed by atoms with Crippen LogP contribution in [0.4, 0.5) is 29.9 Å². The normalized spacial score (nSPS) is 22.9. The average Bonchev–Trinajstić information content (AvgIpc) is 3.68. The SMILES string of the molecule is CC(C)[Si](C#Cc1cccc2cc(NC(=O)OC(C)(C)C)cc(-c3nc4c5c(nc(OC[C@@H]6C[C@@H](F)CN6C)nc5c3F)N3C[C@H]5CC[C@@H]([C@H]3[C@H](C)O4)N5C(=O)OC(C)(C)C)c12)(C(C)C)C(C)C. The van der Waals surface area contributed by atoms with Gasteiger partial charge in [0.05, 0.1) is 18.1 Å². The van der Waals surface area contributed by atoms with E-state index in [1.165, 1.54) is 0 Å². The van der Waals surface area contributed by atoms with Crippen molar-refractivity contribution in [2.45, 2.75) is 174 Å². The summed E-state index contributed by atoms with van der Waals surface area (Å²) in [6, 6.07) is 8.02. The number of alkyl halides is 1. The summed E-state index contributed by atoms with van der Waals surface area (Å²) in [5.41, 5.74) is 4.75. The molecule has 68 heavy (non-hydrogen) atoms. The van der Waals surface area contributed by atoms with Crippen molar-refractivity contribution in [1.29, 1.82) is 0 Å². The number of nitrogens with one attached hydrogen (secondary N) is 1. The van der Waals surface area contributed by atoms with Crippen LogP contribution in [-0.4, -0.2) is 119 Å². The molecule has 366 valence electrons. The van der Waals surface area contributed by atoms with Gasteiger partial charge < -0.3 is 23.8 Å². The Morgan fingerprint density at radius 2 is 1.63 bits per heavy atom. The van der Waals surface area contributed by atoms with Crippen LogP contribution in [-0.2, 0) is 9.47 Å². The summed E-state index contributed by atoms with van der Waals surface area (Å²) in [6.07, 6.45) is -0.925. The maximum Gasteiger partial charge on any atom is 0.412 e. The van der Waals surface area contributed by atoms with Crippen LogP contribution in [0.3, 0.4) is 0 Å². The fourth-order valence-corrected chi connectivity index (χ4v) is 16.7. The second kappa shape index (κ2) is 18.2. The maximum absolute atomic E-state index is 18.3. The first-order valence-corrected chi connectivity index (χ1v) is 26.5. The minimum atomic E-state index is -2.24. The van der Waals surface area contributed by atoms with Crippen LogP contribution in [0.25, 0.3) is 32.9 Å². The van der Waals surface area contributed by atoms with E-state index >= 15 is 4.39 Å². The first kappa shape index (κ1) is 49.2. The lowest BCUT2D eigenvalue weighted by atomic mass is 9.95. The maximum atomic E-state index is 18.3. The highest BCUT2D eigenvalue weighted by atomic mass is 28.3. The van der Waals surface area contributed by atoms with E-state index in [2.05, 4.69) is 63.2 Å². The zero-order valence-corrected chi connectivity index (χ0v) is 43.2. The lowest BCUT2D eigenvalue weighted by molar-refractivity contribution is 0.000913. The number of likely N-dealkylation sites (tertiary alicyclic amines) is 1. The number of piperazine rings is 1. The second-order valence-corrected chi connectivity index (χ2v) is 27.8. The minimum Gasteiger partial charge on any atom is -0.472 e. The van der Waals surface area contributed by atoms with E-state index < -0.39 is 55.6 Å². The van der Waals surface area contributed by atoms with Crippen LogP contribution in [0.15, 0.2) is 30.3 Å². The number of halogens is 2. The third-order valence-corrected chi connectivity index (χ3v) is 20.6. The summed E-state index contributed by atoms with van der Waals surface area (Å²) in [7, 11) is -0.389. The third-order valence-electron chi connectivity index (χ3n) is 14.3. The standard InChI is InChI=1S/C52H69F2N7O6Si/c1-28(2)68(29(3)4,30(5)6)21-20-32-16-15-17-33-22-35(55-49(62)66-51(8,9)10)24-38(40(32)33)43-42(54)44-41-46(58-48(57-44)64-27-37-23-34(53)25-59(37)14)60-26-36-18-19-39(45(60)31(7)65-47(41)56-43)61(36)50(63)67-52(11,12)13/h15-17,22,24,28-31,34,36-37,39,45H,18-19,23,25-27H2,1-14H3,(H,55,62)/t31-,34+,36+,37-,39-,45+/m0/s1. The smallest absolute Gasteiger partial charge is 0.412 e. The molecular formula is C52H69F2N7O6Si. The van der Waals surface area contributed by atoms with E-state index in [9.17, 15) is 14.0 Å². The van der Waals surface area contributed by atoms with Crippen LogP contribution < -0.4 is 19.7 Å². The van der Waals surface area contributed by atoms with Gasteiger partial charge in [0.1, 0.15) is 60.6 Å². The Morgan fingerprint density at radius 1 is 0.941 bits per heavy atom. The Balaban J connectivity index is 1.35. The molecule has 4 aliphatic rings. The Morgan fingerprint density at radius 3 is 2.26 bits per heavy atom. The van der Waals surface area contributed by atoms with E-state index in [0.29, 0.717) is 63.0 Å². The molecule has 2 aromatic heterocycles. The number of aromatic nitrogens is 3. The predicted octanol–water partition coefficient (Wildman–Crippen LogP) is 11.1. The van der Waals surface area contributed by atoms with E-state index in [1.54, 1.807) is 26.8 Å². The summed E-state index contributed by atoms with van der Waals surface area (Å²) in [5, 5.41) is 4.50. The molecule has 2 aromatic carbocycles. The van der Waals surface area contributed by atoms with Crippen molar-refractivity contribution in [1.82, 2.24) is 24.8 Å². The molecule has 0 saturated carbocycles. The lowest BCUT2D eigenvalue weighted by Gasteiger charge is -2.48. The van der Waals surface area contributed by atoms with Crippen molar-refractivity contribution in [3.8, 4) is 34.6 Å². The van der Waals surface area contributed by atoms with Crippen molar-refractivity contribution in [2.24, 2.45) is 0 Å². The first-order chi connectivity index (χ1) is 31.9. The number of fused-ring (bicyclic) bond motifs is 6. The number of pyridine rings is 1. The van der Waals surface area contributed by atoms with Gasteiger partial charge in [-0.1, -0.05) is 59.6 Å². The van der Waals surface area contributed by atoms with Crippen LogP contribution in [0.2, 0.25) is 16.6 Å². The molecule has 13 nitrogen and oxygen atoms in total. The monoisotopic (exact) mass is 954 g/mol. The zero-order chi connectivity index (χ0) is 49.4. The van der Waals surface area contributed by atoms with Crippen molar-refractivity contribution in [3.63, 3.8) is 0 Å². The quantitative estimate of drug-likeness (QED) is 0.134. The number of likely N-dealkylation sites (N-methyl/N-ethyl adjacent to an activating group) is 1. The summed E-state index contributed by atoms with van der Waals surface area (Å²) < 4.78 is 57.6. The third kappa shape index (κ3) is 9.29. The number of amides is 2. The van der Waals surface area contributed by atoms with Gasteiger partial charge in [-0.05, 0) is 115 Å². The molecule has 3 fully saturated rings. The topological polar surface area (TPSA) is 131 Å². The van der Waals surface area contributed by atoms with E-state index in [1.807, 2.05) is 68.8 Å². The fraction of sp³-hybridized carbons (Fsp3) is 0.596. The van der Waals surface area contributed by atoms with Crippen LogP contribution in [0.1, 0.15) is 115 Å². The van der Waals surface area contributed by atoms with Crippen LogP contribution in [0.5, 0.6) is 11.9 Å². The fourth-order valence-electron chi connectivity index (χ4n) is 11.5. The molecule has 1 N–H and O–H groups in total. The van der Waals surface area contributed by atoms with Gasteiger partial charge in [-0.3, -0.25) is 15.1 Å². The highest BCUT2D eigenvalue weighted by molar-refractivity contribution is 6.90. The van der Waals surface area contributed by atoms with E-state index in [0.717, 1.165) is 6.42 Å². The lowest BCUT2D eigenvalue weighted by Crippen LogP contribution is -2.65. The minimum absolute atomic E-state index is 0.0732. The Labute approximate surface area is 401 Å². The van der Waals surface area contributed by atoms with Gasteiger partial charge in [0.2, 0.25) is 5.88 Å². The largest absolute Gasteiger partial charge is 0.472 e. The molecule has 6 heterocycles. The molecule has 6 atom stereocenters. The van der Waals surface area contributed by atoms with Gasteiger partial charge in [-0.15, -0.1) is 5.54 Å². The van der Waals surface area contributed by atoms with Gasteiger partial charge in [-0.2, -0.15) is 9.97 Å². The van der Waals surface area contributed by atoms with Gasteiger partial charge >= 0.3 is 18.2 Å². The summed E-state index contributed by atoms with van der Waals surface area (Å²) >= 11 is 0. The van der Waals surface area contributed by atoms with Gasteiger partial charge in [0.15, 0.2) is 5.82 Å². The van der Waals surface area contributed by atoms with Crippen molar-refractivity contribution >= 4 is 53.4 Å². The molecule has 0 spiro atoms. The second-order valence-electron chi connectivity index (χ2n) is 22.2. The number of anilines is 2. The summed E-state index contributed by atoms with van der Waals surface area (Å²) in [6.45, 7) is 27.2. The molecule has 3 saturated heterocycles. The summed E-state index contributed by atoms with van der Waals surface area (Å²) in [5.74, 6) is 3.37. The zero-order valence-electron chi connectivity index (χ0n) is 42.2. The van der Waals surface area contributed by atoms with Gasteiger partial charge in [-0.25, -0.2) is 23.4 Å². The Kier molecular flexibility index (Phi) is 13.2. The molecule has 4 aliphatic heterocycles. The molecule has 0 radical (unpaired) electrons. The summed E-state index contributed by atoms with van der Waals surface area (Å²) in [4.78, 5) is 47.9. The first-order valence-electron chi connectivity index (χ1n) is 24.3. The number of benzene rings is 2. The van der Waals surface area contributed by atoms with Crippen molar-refractivity contribution < 1.29 is 37.3 Å². The van der Waals surface area contributed by atoms with Gasteiger partial charge in [0.25, 0.3) is 0 Å². The van der Waals surface area contributed by atoms with Gasteiger partial charge in [0, 0.05) is 41.3 Å².